The zero-order chi connectivity index (χ0) is 17.1. The fourth-order valence-electron chi connectivity index (χ4n) is 2.29. The lowest BCUT2D eigenvalue weighted by Gasteiger charge is -2.02. The van der Waals surface area contributed by atoms with Crippen molar-refractivity contribution < 1.29 is 9.53 Å². The van der Waals surface area contributed by atoms with Crippen LogP contribution in [0, 0.1) is 0 Å². The van der Waals surface area contributed by atoms with Crippen LogP contribution in [0.2, 0.25) is 0 Å². The summed E-state index contributed by atoms with van der Waals surface area (Å²) in [6.07, 6.45) is 3.92. The second-order valence-electron chi connectivity index (χ2n) is 5.30. The van der Waals surface area contributed by atoms with Crippen LogP contribution < -0.4 is 5.32 Å². The number of benzene rings is 1. The van der Waals surface area contributed by atoms with Crippen molar-refractivity contribution >= 4 is 44.4 Å². The number of para-hydroxylation sites is 1. The molecule has 0 amide bonds. The Morgan fingerprint density at radius 1 is 1.16 bits per heavy atom. The standard InChI is InChI=1S/C17H14N4O2S2/c22-15(8-13-9-21-6-7-24-17(21)20-13)23-10-14-11-25-16(19-14)18-12-4-2-1-3-5-12/h1-7,9,11H,8,10H2,(H,18,19). The van der Waals surface area contributed by atoms with E-state index in [4.69, 9.17) is 4.74 Å². The lowest BCUT2D eigenvalue weighted by Crippen LogP contribution is -2.08. The number of nitrogens with zero attached hydrogens (tertiary/aromatic N) is 3. The van der Waals surface area contributed by atoms with Crippen LogP contribution in [0.15, 0.2) is 53.5 Å². The Morgan fingerprint density at radius 3 is 2.88 bits per heavy atom. The third-order valence-electron chi connectivity index (χ3n) is 3.43. The fraction of sp³-hybridized carbons (Fsp3) is 0.118. The highest BCUT2D eigenvalue weighted by Gasteiger charge is 2.11. The molecule has 0 fully saturated rings. The van der Waals surface area contributed by atoms with Crippen molar-refractivity contribution in [2.75, 3.05) is 5.32 Å². The maximum atomic E-state index is 12.0. The van der Waals surface area contributed by atoms with Crippen LogP contribution in [-0.4, -0.2) is 20.3 Å². The van der Waals surface area contributed by atoms with Crippen molar-refractivity contribution in [2.45, 2.75) is 13.0 Å². The monoisotopic (exact) mass is 370 g/mol. The average Bonchev–Trinajstić information content (AvgIpc) is 3.30. The minimum Gasteiger partial charge on any atom is -0.459 e. The number of fused-ring (bicyclic) bond motifs is 1. The van der Waals surface area contributed by atoms with E-state index in [1.54, 1.807) is 0 Å². The van der Waals surface area contributed by atoms with Gasteiger partial charge in [-0.25, -0.2) is 9.97 Å². The van der Waals surface area contributed by atoms with Gasteiger partial charge in [-0.3, -0.25) is 9.20 Å². The highest BCUT2D eigenvalue weighted by Crippen LogP contribution is 2.21. The predicted molar refractivity (Wildman–Crippen MR) is 98.4 cm³/mol. The number of aromatic nitrogens is 3. The van der Waals surface area contributed by atoms with Crippen molar-refractivity contribution in [3.8, 4) is 0 Å². The Morgan fingerprint density at radius 2 is 2.04 bits per heavy atom. The van der Waals surface area contributed by atoms with E-state index in [0.717, 1.165) is 21.5 Å². The summed E-state index contributed by atoms with van der Waals surface area (Å²) in [6.45, 7) is 0.161. The SMILES string of the molecule is O=C(Cc1cn2ccsc2n1)OCc1csc(Nc2ccccc2)n1. The van der Waals surface area contributed by atoms with Crippen molar-refractivity contribution in [2.24, 2.45) is 0 Å². The molecular weight excluding hydrogens is 356 g/mol. The third-order valence-corrected chi connectivity index (χ3v) is 5.00. The number of hydrogen-bond acceptors (Lipinski definition) is 7. The highest BCUT2D eigenvalue weighted by atomic mass is 32.1. The van der Waals surface area contributed by atoms with E-state index in [2.05, 4.69) is 15.3 Å². The van der Waals surface area contributed by atoms with Gasteiger partial charge in [0.2, 0.25) is 0 Å². The molecule has 3 heterocycles. The third kappa shape index (κ3) is 3.86. The summed E-state index contributed by atoms with van der Waals surface area (Å²) in [5, 5.41) is 7.82. The van der Waals surface area contributed by atoms with Gasteiger partial charge >= 0.3 is 5.97 Å². The molecule has 6 nitrogen and oxygen atoms in total. The van der Waals surface area contributed by atoms with Crippen LogP contribution >= 0.6 is 22.7 Å². The lowest BCUT2D eigenvalue weighted by molar-refractivity contribution is -0.144. The molecule has 126 valence electrons. The molecule has 0 aliphatic rings. The first-order valence-electron chi connectivity index (χ1n) is 7.59. The number of rotatable bonds is 6. The van der Waals surface area contributed by atoms with Crippen molar-refractivity contribution in [1.82, 2.24) is 14.4 Å². The highest BCUT2D eigenvalue weighted by molar-refractivity contribution is 7.15. The molecule has 0 aliphatic heterocycles. The number of carbonyl (C=O) groups is 1. The van der Waals surface area contributed by atoms with Gasteiger partial charge in [-0.05, 0) is 12.1 Å². The number of hydrogen-bond donors (Lipinski definition) is 1. The van der Waals surface area contributed by atoms with E-state index in [1.165, 1.54) is 22.7 Å². The first-order valence-corrected chi connectivity index (χ1v) is 9.35. The van der Waals surface area contributed by atoms with E-state index in [1.807, 2.05) is 57.9 Å². The summed E-state index contributed by atoms with van der Waals surface area (Å²) in [7, 11) is 0. The molecule has 0 saturated heterocycles. The zero-order valence-corrected chi connectivity index (χ0v) is 14.7. The van der Waals surface area contributed by atoms with Gasteiger partial charge in [0.25, 0.3) is 0 Å². The van der Waals surface area contributed by atoms with Gasteiger partial charge in [0, 0.05) is 28.8 Å². The number of imidazole rings is 1. The van der Waals surface area contributed by atoms with Gasteiger partial charge in [0.1, 0.15) is 6.61 Å². The van der Waals surface area contributed by atoms with Crippen molar-refractivity contribution in [3.63, 3.8) is 0 Å². The van der Waals surface area contributed by atoms with Crippen LogP contribution in [0.3, 0.4) is 0 Å². The van der Waals surface area contributed by atoms with E-state index >= 15 is 0 Å². The Kier molecular flexibility index (Phi) is 4.45. The normalized spacial score (nSPS) is 10.9. The first-order chi connectivity index (χ1) is 12.3. The first kappa shape index (κ1) is 15.8. The molecule has 0 radical (unpaired) electrons. The van der Waals surface area contributed by atoms with Crippen LogP contribution in [0.25, 0.3) is 4.96 Å². The Labute approximate surface area is 151 Å². The summed E-state index contributed by atoms with van der Waals surface area (Å²) in [4.78, 5) is 21.6. The van der Waals surface area contributed by atoms with Gasteiger partial charge in [0.15, 0.2) is 10.1 Å². The topological polar surface area (TPSA) is 68.5 Å². The van der Waals surface area contributed by atoms with Crippen LogP contribution in [-0.2, 0) is 22.6 Å². The van der Waals surface area contributed by atoms with Crippen molar-refractivity contribution in [3.05, 3.63) is 64.9 Å². The largest absolute Gasteiger partial charge is 0.459 e. The Balaban J connectivity index is 1.30. The zero-order valence-electron chi connectivity index (χ0n) is 13.1. The Bertz CT molecular complexity index is 962. The fourth-order valence-corrected chi connectivity index (χ4v) is 3.72. The molecule has 0 atom stereocenters. The molecule has 4 aromatic rings. The molecule has 0 bridgehead atoms. The molecule has 1 aromatic carbocycles. The molecule has 1 N–H and O–H groups in total. The maximum absolute atomic E-state index is 12.0. The molecule has 0 saturated carbocycles. The summed E-state index contributed by atoms with van der Waals surface area (Å²) in [6, 6.07) is 9.81. The number of ether oxygens (including phenoxy) is 1. The van der Waals surface area contributed by atoms with Gasteiger partial charge < -0.3 is 10.1 Å². The predicted octanol–water partition coefficient (Wildman–Crippen LogP) is 3.88. The van der Waals surface area contributed by atoms with Crippen LogP contribution in [0.5, 0.6) is 0 Å². The summed E-state index contributed by atoms with van der Waals surface area (Å²) < 4.78 is 7.20. The second kappa shape index (κ2) is 7.04. The van der Waals surface area contributed by atoms with Crippen LogP contribution in [0.4, 0.5) is 10.8 Å². The molecule has 3 aromatic heterocycles. The average molecular weight is 370 g/mol. The quantitative estimate of drug-likeness (QED) is 0.522. The molecular formula is C17H14N4O2S2. The van der Waals surface area contributed by atoms with Crippen LogP contribution in [0.1, 0.15) is 11.4 Å². The molecule has 0 aliphatic carbocycles. The van der Waals surface area contributed by atoms with Gasteiger partial charge in [-0.2, -0.15) is 0 Å². The second-order valence-corrected chi connectivity index (χ2v) is 7.03. The number of anilines is 2. The summed E-state index contributed by atoms with van der Waals surface area (Å²) in [5.74, 6) is -0.309. The molecule has 0 unspecified atom stereocenters. The summed E-state index contributed by atoms with van der Waals surface area (Å²) in [5.41, 5.74) is 2.41. The number of esters is 1. The maximum Gasteiger partial charge on any atom is 0.312 e. The van der Waals surface area contributed by atoms with E-state index in [0.29, 0.717) is 5.69 Å². The number of thiazole rings is 2. The molecule has 0 spiro atoms. The Hall–Kier alpha value is -2.71. The van der Waals surface area contributed by atoms with Gasteiger partial charge in [0.05, 0.1) is 17.8 Å². The number of nitrogens with one attached hydrogen (secondary N) is 1. The minimum absolute atomic E-state index is 0.160. The van der Waals surface area contributed by atoms with E-state index in [-0.39, 0.29) is 19.0 Å². The summed E-state index contributed by atoms with van der Waals surface area (Å²) >= 11 is 3.01. The van der Waals surface area contributed by atoms with E-state index in [9.17, 15) is 4.79 Å². The smallest absolute Gasteiger partial charge is 0.312 e. The molecule has 4 rings (SSSR count). The van der Waals surface area contributed by atoms with Crippen molar-refractivity contribution in [1.29, 1.82) is 0 Å². The lowest BCUT2D eigenvalue weighted by atomic mass is 10.3. The number of carbonyl (C=O) groups excluding carboxylic acids is 1. The molecule has 8 heteroatoms. The molecule has 25 heavy (non-hydrogen) atoms. The van der Waals surface area contributed by atoms with Gasteiger partial charge in [-0.1, -0.05) is 18.2 Å². The van der Waals surface area contributed by atoms with Gasteiger partial charge in [-0.15, -0.1) is 22.7 Å². The minimum atomic E-state index is -0.309. The van der Waals surface area contributed by atoms with E-state index < -0.39 is 0 Å².